The molecule has 0 aliphatic carbocycles. The summed E-state index contributed by atoms with van der Waals surface area (Å²) in [6.07, 6.45) is 0.142. The maximum atomic E-state index is 12.8. The number of morpholine rings is 1. The van der Waals surface area contributed by atoms with Crippen LogP contribution in [0.3, 0.4) is 0 Å². The molecule has 1 fully saturated rings. The van der Waals surface area contributed by atoms with E-state index in [2.05, 4.69) is 0 Å². The molecule has 0 spiro atoms. The minimum Gasteiger partial charge on any atom is -0.372 e. The average Bonchev–Trinajstić information content (AvgIpc) is 2.74. The highest BCUT2D eigenvalue weighted by atomic mass is 35.5. The third kappa shape index (κ3) is 2.65. The molecule has 2 aromatic rings. The Morgan fingerprint density at radius 1 is 1.24 bits per heavy atom. The summed E-state index contributed by atoms with van der Waals surface area (Å²) < 4.78 is 7.60. The molecule has 0 bridgehead atoms. The summed E-state index contributed by atoms with van der Waals surface area (Å²) in [7, 11) is 1.90. The number of benzene rings is 1. The second-order valence-electron chi connectivity index (χ2n) is 5.76. The molecule has 0 N–H and O–H groups in total. The summed E-state index contributed by atoms with van der Waals surface area (Å²) >= 11 is 6.04. The normalized spacial score (nSPS) is 22.8. The molecule has 5 heteroatoms. The van der Waals surface area contributed by atoms with E-state index in [1.165, 1.54) is 0 Å². The predicted molar refractivity (Wildman–Crippen MR) is 83.8 cm³/mol. The van der Waals surface area contributed by atoms with E-state index in [4.69, 9.17) is 16.3 Å². The molecule has 1 amide bonds. The molecular formula is C16H19ClN2O2. The van der Waals surface area contributed by atoms with Gasteiger partial charge in [-0.2, -0.15) is 0 Å². The van der Waals surface area contributed by atoms with Crippen LogP contribution in [0.2, 0.25) is 5.02 Å². The van der Waals surface area contributed by atoms with Gasteiger partial charge in [-0.3, -0.25) is 4.79 Å². The molecule has 1 aliphatic heterocycles. The van der Waals surface area contributed by atoms with E-state index in [1.54, 1.807) is 0 Å². The highest BCUT2D eigenvalue weighted by molar-refractivity contribution is 6.31. The number of halogens is 1. The fourth-order valence-electron chi connectivity index (χ4n) is 3.01. The van der Waals surface area contributed by atoms with E-state index >= 15 is 0 Å². The van der Waals surface area contributed by atoms with Gasteiger partial charge in [0.15, 0.2) is 0 Å². The number of carbonyl (C=O) groups is 1. The standard InChI is InChI=1S/C16H19ClN2O2/c1-10-8-19(9-11(2)21-10)16(20)15-6-12-4-5-13(17)7-14(12)18(15)3/h4-7,10-11H,8-9H2,1-3H3. The van der Waals surface area contributed by atoms with Crippen molar-refractivity contribution in [1.29, 1.82) is 0 Å². The molecule has 1 saturated heterocycles. The lowest BCUT2D eigenvalue weighted by Crippen LogP contribution is -2.48. The summed E-state index contributed by atoms with van der Waals surface area (Å²) in [6.45, 7) is 5.26. The SMILES string of the molecule is CC1CN(C(=O)c2cc3ccc(Cl)cc3n2C)CC(C)O1. The van der Waals surface area contributed by atoms with Crippen molar-refractivity contribution in [1.82, 2.24) is 9.47 Å². The van der Waals surface area contributed by atoms with Crippen molar-refractivity contribution in [2.45, 2.75) is 26.1 Å². The zero-order valence-electron chi connectivity index (χ0n) is 12.5. The Morgan fingerprint density at radius 3 is 2.57 bits per heavy atom. The lowest BCUT2D eigenvalue weighted by molar-refractivity contribution is -0.0588. The summed E-state index contributed by atoms with van der Waals surface area (Å²) in [6, 6.07) is 7.60. The summed E-state index contributed by atoms with van der Waals surface area (Å²) in [5, 5.41) is 1.70. The topological polar surface area (TPSA) is 34.5 Å². The van der Waals surface area contributed by atoms with Crippen molar-refractivity contribution in [2.24, 2.45) is 7.05 Å². The molecule has 1 aliphatic rings. The third-order valence-electron chi connectivity index (χ3n) is 3.93. The average molecular weight is 307 g/mol. The molecule has 4 nitrogen and oxygen atoms in total. The number of aryl methyl sites for hydroxylation is 1. The van der Waals surface area contributed by atoms with Crippen LogP contribution in [0.5, 0.6) is 0 Å². The number of hydrogen-bond acceptors (Lipinski definition) is 2. The number of ether oxygens (including phenoxy) is 1. The van der Waals surface area contributed by atoms with Crippen LogP contribution in [-0.2, 0) is 11.8 Å². The van der Waals surface area contributed by atoms with Crippen molar-refractivity contribution in [3.05, 3.63) is 35.0 Å². The third-order valence-corrected chi connectivity index (χ3v) is 4.17. The van der Waals surface area contributed by atoms with Crippen LogP contribution < -0.4 is 0 Å². The van der Waals surface area contributed by atoms with Crippen LogP contribution in [-0.4, -0.2) is 40.7 Å². The van der Waals surface area contributed by atoms with Gasteiger partial charge in [0.05, 0.1) is 12.2 Å². The van der Waals surface area contributed by atoms with Crippen molar-refractivity contribution in [3.63, 3.8) is 0 Å². The molecule has 1 aromatic heterocycles. The fraction of sp³-hybridized carbons (Fsp3) is 0.438. The Morgan fingerprint density at radius 2 is 1.90 bits per heavy atom. The zero-order valence-corrected chi connectivity index (χ0v) is 13.2. The van der Waals surface area contributed by atoms with E-state index in [-0.39, 0.29) is 18.1 Å². The molecule has 2 unspecified atom stereocenters. The predicted octanol–water partition coefficient (Wildman–Crippen LogP) is 3.08. The summed E-state index contributed by atoms with van der Waals surface area (Å²) in [5.74, 6) is 0.0480. The number of amides is 1. The van der Waals surface area contributed by atoms with Crippen LogP contribution in [0.25, 0.3) is 10.9 Å². The van der Waals surface area contributed by atoms with Gasteiger partial charge in [-0.05, 0) is 32.0 Å². The largest absolute Gasteiger partial charge is 0.372 e. The van der Waals surface area contributed by atoms with Gasteiger partial charge < -0.3 is 14.2 Å². The van der Waals surface area contributed by atoms with E-state index in [0.717, 1.165) is 10.9 Å². The number of hydrogen-bond donors (Lipinski definition) is 0. The van der Waals surface area contributed by atoms with Gasteiger partial charge in [0.2, 0.25) is 0 Å². The summed E-state index contributed by atoms with van der Waals surface area (Å²) in [5.41, 5.74) is 1.66. The second kappa shape index (κ2) is 5.35. The van der Waals surface area contributed by atoms with Crippen LogP contribution in [0.4, 0.5) is 0 Å². The van der Waals surface area contributed by atoms with Gasteiger partial charge >= 0.3 is 0 Å². The Labute approximate surface area is 129 Å². The summed E-state index contributed by atoms with van der Waals surface area (Å²) in [4.78, 5) is 14.7. The van der Waals surface area contributed by atoms with Gasteiger partial charge in [-0.1, -0.05) is 17.7 Å². The highest BCUT2D eigenvalue weighted by Crippen LogP contribution is 2.24. The molecule has 0 saturated carbocycles. The lowest BCUT2D eigenvalue weighted by Gasteiger charge is -2.35. The number of carbonyl (C=O) groups excluding carboxylic acids is 1. The number of rotatable bonds is 1. The maximum absolute atomic E-state index is 12.8. The Bertz CT molecular complexity index is 685. The maximum Gasteiger partial charge on any atom is 0.270 e. The Balaban J connectivity index is 1.96. The first-order chi connectivity index (χ1) is 9.95. The van der Waals surface area contributed by atoms with Crippen LogP contribution in [0.1, 0.15) is 24.3 Å². The monoisotopic (exact) mass is 306 g/mol. The van der Waals surface area contributed by atoms with E-state index in [1.807, 2.05) is 54.6 Å². The number of nitrogens with zero attached hydrogens (tertiary/aromatic N) is 2. The molecule has 2 heterocycles. The minimum atomic E-state index is 0.0480. The Hall–Kier alpha value is -1.52. The second-order valence-corrected chi connectivity index (χ2v) is 6.20. The van der Waals surface area contributed by atoms with Gasteiger partial charge in [0.25, 0.3) is 5.91 Å². The zero-order chi connectivity index (χ0) is 15.1. The van der Waals surface area contributed by atoms with E-state index < -0.39 is 0 Å². The van der Waals surface area contributed by atoms with Crippen molar-refractivity contribution >= 4 is 28.4 Å². The van der Waals surface area contributed by atoms with Gasteiger partial charge in [-0.25, -0.2) is 0 Å². The number of aromatic nitrogens is 1. The van der Waals surface area contributed by atoms with Crippen LogP contribution in [0.15, 0.2) is 24.3 Å². The molecule has 0 radical (unpaired) electrons. The first kappa shape index (κ1) is 14.4. The van der Waals surface area contributed by atoms with Crippen molar-refractivity contribution in [3.8, 4) is 0 Å². The first-order valence-electron chi connectivity index (χ1n) is 7.15. The van der Waals surface area contributed by atoms with Gasteiger partial charge in [-0.15, -0.1) is 0 Å². The molecule has 2 atom stereocenters. The number of fused-ring (bicyclic) bond motifs is 1. The van der Waals surface area contributed by atoms with Crippen molar-refractivity contribution < 1.29 is 9.53 Å². The smallest absolute Gasteiger partial charge is 0.270 e. The fourth-order valence-corrected chi connectivity index (χ4v) is 3.18. The molecule has 21 heavy (non-hydrogen) atoms. The lowest BCUT2D eigenvalue weighted by atomic mass is 10.2. The minimum absolute atomic E-state index is 0.0480. The molecule has 3 rings (SSSR count). The van der Waals surface area contributed by atoms with Crippen LogP contribution >= 0.6 is 11.6 Å². The molecule has 112 valence electrons. The molecule has 1 aromatic carbocycles. The van der Waals surface area contributed by atoms with E-state index in [9.17, 15) is 4.79 Å². The van der Waals surface area contributed by atoms with Crippen molar-refractivity contribution in [2.75, 3.05) is 13.1 Å². The van der Waals surface area contributed by atoms with Gasteiger partial charge in [0, 0.05) is 36.1 Å². The van der Waals surface area contributed by atoms with E-state index in [0.29, 0.717) is 23.8 Å². The van der Waals surface area contributed by atoms with Gasteiger partial charge in [0.1, 0.15) is 5.69 Å². The first-order valence-corrected chi connectivity index (χ1v) is 7.53. The molecular weight excluding hydrogens is 288 g/mol. The highest BCUT2D eigenvalue weighted by Gasteiger charge is 2.28. The quantitative estimate of drug-likeness (QED) is 0.811. The Kier molecular flexibility index (Phi) is 3.68. The van der Waals surface area contributed by atoms with Crippen LogP contribution in [0, 0.1) is 0 Å².